The van der Waals surface area contributed by atoms with Gasteiger partial charge in [0, 0.05) is 0 Å². The lowest BCUT2D eigenvalue weighted by Crippen LogP contribution is -2.22. The standard InChI is InChI=1S/C30H16O12/c1-4-16-12-13-21-24(22(16)30(36)40-15(3)39-29(21)35)42-26(32)18-10-8-17(9-11-18)25(31)41-23-19-6-5-7-20(23)28(34)38-14(2)37-27(19)33/h4-13H,1-3H2. The summed E-state index contributed by atoms with van der Waals surface area (Å²) in [5.74, 6) is -7.81. The number of hydrogen-bond acceptors (Lipinski definition) is 12. The first-order chi connectivity index (χ1) is 20.1. The quantitative estimate of drug-likeness (QED) is 0.317. The summed E-state index contributed by atoms with van der Waals surface area (Å²) in [6.45, 7) is 10.3. The molecule has 4 bridgehead atoms. The predicted molar refractivity (Wildman–Crippen MR) is 139 cm³/mol. The number of para-hydroxylation sites is 1. The van der Waals surface area contributed by atoms with Crippen molar-refractivity contribution >= 4 is 41.9 Å². The number of carbonyl (C=O) groups is 6. The molecule has 42 heavy (non-hydrogen) atoms. The highest BCUT2D eigenvalue weighted by atomic mass is 16.7. The number of hydrogen-bond donors (Lipinski definition) is 0. The van der Waals surface area contributed by atoms with E-state index in [9.17, 15) is 28.8 Å². The van der Waals surface area contributed by atoms with Gasteiger partial charge in [-0.05, 0) is 61.2 Å². The largest absolute Gasteiger partial charge is 0.421 e. The Morgan fingerprint density at radius 3 is 1.50 bits per heavy atom. The van der Waals surface area contributed by atoms with Crippen LogP contribution in [0.1, 0.15) is 67.7 Å². The molecule has 0 N–H and O–H groups in total. The summed E-state index contributed by atoms with van der Waals surface area (Å²) in [6, 6.07) is 11.5. The minimum absolute atomic E-state index is 0.0781. The first kappa shape index (κ1) is 27.3. The van der Waals surface area contributed by atoms with E-state index in [1.54, 1.807) is 0 Å². The molecular formula is C30H16O12. The molecule has 0 fully saturated rings. The smallest absolute Gasteiger partial charge is 0.350 e. The zero-order chi connectivity index (χ0) is 30.1. The molecule has 2 heterocycles. The van der Waals surface area contributed by atoms with E-state index in [4.69, 9.17) is 28.4 Å². The zero-order valence-electron chi connectivity index (χ0n) is 21.3. The molecule has 0 saturated heterocycles. The molecule has 3 aromatic carbocycles. The molecule has 208 valence electrons. The van der Waals surface area contributed by atoms with E-state index in [0.717, 1.165) is 0 Å². The summed E-state index contributed by atoms with van der Waals surface area (Å²) in [5.41, 5.74) is -0.893. The highest BCUT2D eigenvalue weighted by molar-refractivity contribution is 6.07. The number of cyclic esters (lactones) is 4. The van der Waals surface area contributed by atoms with E-state index in [2.05, 4.69) is 19.7 Å². The Balaban J connectivity index is 1.41. The summed E-state index contributed by atoms with van der Waals surface area (Å²) in [6.07, 6.45) is 1.30. The van der Waals surface area contributed by atoms with Crippen molar-refractivity contribution in [1.29, 1.82) is 0 Å². The molecule has 0 unspecified atom stereocenters. The van der Waals surface area contributed by atoms with Gasteiger partial charge in [0.2, 0.25) is 0 Å². The molecule has 5 rings (SSSR count). The van der Waals surface area contributed by atoms with Gasteiger partial charge in [-0.15, -0.1) is 0 Å². The second-order valence-corrected chi connectivity index (χ2v) is 8.45. The Kier molecular flexibility index (Phi) is 6.95. The van der Waals surface area contributed by atoms with Crippen LogP contribution < -0.4 is 9.47 Å². The van der Waals surface area contributed by atoms with Crippen LogP contribution in [0.4, 0.5) is 0 Å². The number of carbonyl (C=O) groups excluding carboxylic acids is 6. The second-order valence-electron chi connectivity index (χ2n) is 8.45. The number of esters is 6. The van der Waals surface area contributed by atoms with Crippen molar-refractivity contribution in [2.45, 2.75) is 0 Å². The van der Waals surface area contributed by atoms with Crippen molar-refractivity contribution in [2.24, 2.45) is 0 Å². The SMILES string of the molecule is C=Cc1ccc2c(OC(=O)c3ccc(C(=O)Oc4c5cccc4C(=O)OC(=C)OC5=O)cc3)c1C(=O)OC(=C)OC2=O. The van der Waals surface area contributed by atoms with Gasteiger partial charge in [0.15, 0.2) is 11.5 Å². The Hall–Kier alpha value is -6.30. The zero-order valence-corrected chi connectivity index (χ0v) is 21.3. The highest BCUT2D eigenvalue weighted by Crippen LogP contribution is 2.34. The third kappa shape index (κ3) is 5.02. The van der Waals surface area contributed by atoms with Gasteiger partial charge in [-0.2, -0.15) is 0 Å². The molecule has 0 radical (unpaired) electrons. The molecular weight excluding hydrogens is 552 g/mol. The fraction of sp³-hybridized carbons (Fsp3) is 0. The first-order valence-electron chi connectivity index (χ1n) is 11.8. The van der Waals surface area contributed by atoms with Crippen LogP contribution in [0, 0.1) is 0 Å². The summed E-state index contributed by atoms with van der Waals surface area (Å²) < 4.78 is 30.1. The van der Waals surface area contributed by atoms with Crippen molar-refractivity contribution in [3.63, 3.8) is 0 Å². The van der Waals surface area contributed by atoms with Crippen LogP contribution in [0.5, 0.6) is 11.5 Å². The lowest BCUT2D eigenvalue weighted by molar-refractivity contribution is 0.0199. The van der Waals surface area contributed by atoms with Crippen LogP contribution in [-0.4, -0.2) is 35.8 Å². The van der Waals surface area contributed by atoms with Crippen molar-refractivity contribution < 1.29 is 57.2 Å². The molecule has 2 aliphatic rings. The predicted octanol–water partition coefficient (Wildman–Crippen LogP) is 4.36. The van der Waals surface area contributed by atoms with E-state index in [-0.39, 0.29) is 38.9 Å². The third-order valence-corrected chi connectivity index (χ3v) is 5.86. The molecule has 0 aromatic heterocycles. The molecule has 12 heteroatoms. The number of rotatable bonds is 5. The van der Waals surface area contributed by atoms with E-state index in [1.807, 2.05) is 0 Å². The topological polar surface area (TPSA) is 158 Å². The normalized spacial score (nSPS) is 14.1. The van der Waals surface area contributed by atoms with Gasteiger partial charge in [-0.25, -0.2) is 28.8 Å². The van der Waals surface area contributed by atoms with Gasteiger partial charge < -0.3 is 28.4 Å². The lowest BCUT2D eigenvalue weighted by atomic mass is 10.0. The minimum atomic E-state index is -1.00. The van der Waals surface area contributed by atoms with Gasteiger partial charge >= 0.3 is 35.8 Å². The lowest BCUT2D eigenvalue weighted by Gasteiger charge is -2.19. The molecule has 12 nitrogen and oxygen atoms in total. The number of benzene rings is 3. The molecule has 2 aliphatic heterocycles. The summed E-state index contributed by atoms with van der Waals surface area (Å²) >= 11 is 0. The molecule has 0 saturated carbocycles. The Morgan fingerprint density at radius 1 is 0.595 bits per heavy atom. The van der Waals surface area contributed by atoms with Crippen molar-refractivity contribution in [3.05, 3.63) is 125 Å². The highest BCUT2D eigenvalue weighted by Gasteiger charge is 2.32. The molecule has 3 aromatic rings. The maximum absolute atomic E-state index is 13.0. The van der Waals surface area contributed by atoms with Crippen LogP contribution in [0.2, 0.25) is 0 Å². The summed E-state index contributed by atoms with van der Waals surface area (Å²) in [5, 5.41) is 0. The molecule has 0 atom stereocenters. The van der Waals surface area contributed by atoms with Gasteiger partial charge in [-0.3, -0.25) is 0 Å². The van der Waals surface area contributed by atoms with Crippen molar-refractivity contribution in [3.8, 4) is 11.5 Å². The van der Waals surface area contributed by atoms with Gasteiger partial charge in [-0.1, -0.05) is 24.8 Å². The van der Waals surface area contributed by atoms with E-state index in [0.29, 0.717) is 0 Å². The van der Waals surface area contributed by atoms with Crippen molar-refractivity contribution in [2.75, 3.05) is 0 Å². The monoisotopic (exact) mass is 568 g/mol. The second kappa shape index (κ2) is 10.7. The minimum Gasteiger partial charge on any atom is -0.421 e. The molecule has 0 spiro atoms. The Labute approximate surface area is 235 Å². The Bertz CT molecular complexity index is 1740. The third-order valence-electron chi connectivity index (χ3n) is 5.86. The maximum atomic E-state index is 13.0. The number of fused-ring (bicyclic) bond motifs is 4. The van der Waals surface area contributed by atoms with Crippen LogP contribution >= 0.6 is 0 Å². The van der Waals surface area contributed by atoms with Crippen molar-refractivity contribution in [1.82, 2.24) is 0 Å². The molecule has 0 amide bonds. The Morgan fingerprint density at radius 2 is 1.02 bits per heavy atom. The maximum Gasteiger partial charge on any atom is 0.350 e. The fourth-order valence-electron chi connectivity index (χ4n) is 3.93. The summed E-state index contributed by atoms with van der Waals surface area (Å²) in [4.78, 5) is 75.9. The van der Waals surface area contributed by atoms with Crippen LogP contribution in [0.15, 0.2) is 86.2 Å². The van der Waals surface area contributed by atoms with Gasteiger partial charge in [0.25, 0.3) is 11.9 Å². The fourth-order valence-corrected chi connectivity index (χ4v) is 3.93. The van der Waals surface area contributed by atoms with Crippen LogP contribution in [-0.2, 0) is 18.9 Å². The number of ether oxygens (including phenoxy) is 6. The van der Waals surface area contributed by atoms with Gasteiger partial charge in [0.05, 0.1) is 11.1 Å². The van der Waals surface area contributed by atoms with Crippen LogP contribution in [0.3, 0.4) is 0 Å². The van der Waals surface area contributed by atoms with E-state index in [1.165, 1.54) is 60.7 Å². The summed E-state index contributed by atoms with van der Waals surface area (Å²) in [7, 11) is 0. The van der Waals surface area contributed by atoms with Crippen LogP contribution in [0.25, 0.3) is 6.08 Å². The molecule has 0 aliphatic carbocycles. The van der Waals surface area contributed by atoms with Gasteiger partial charge in [0.1, 0.15) is 22.3 Å². The van der Waals surface area contributed by atoms with E-state index < -0.39 is 59.2 Å². The first-order valence-corrected chi connectivity index (χ1v) is 11.8. The van der Waals surface area contributed by atoms with E-state index >= 15 is 0 Å². The average Bonchev–Trinajstić information content (AvgIpc) is 2.95. The average molecular weight is 568 g/mol.